The summed E-state index contributed by atoms with van der Waals surface area (Å²) in [6.07, 6.45) is 0. The van der Waals surface area contributed by atoms with Crippen LogP contribution >= 0.6 is 0 Å². The normalized spacial score (nSPS) is 7.33. The van der Waals surface area contributed by atoms with E-state index < -0.39 is 0 Å². The average molecular weight is 124 g/mol. The minimum atomic E-state index is 0. The molecule has 0 aromatic rings. The van der Waals surface area contributed by atoms with Gasteiger partial charge in [0, 0.05) is 0 Å². The van der Waals surface area contributed by atoms with E-state index in [-0.39, 0.29) is 18.9 Å². The predicted molar refractivity (Wildman–Crippen MR) is 39.5 cm³/mol. The quantitative estimate of drug-likeness (QED) is 0.409. The molecule has 0 rings (SSSR count). The SMILES string of the molecule is C=C(OCC)OCC.[LiH]. The molecule has 0 fully saturated rings. The van der Waals surface area contributed by atoms with Gasteiger partial charge < -0.3 is 9.47 Å². The summed E-state index contributed by atoms with van der Waals surface area (Å²) in [6, 6.07) is 0. The third-order valence-corrected chi connectivity index (χ3v) is 0.611. The Morgan fingerprint density at radius 2 is 1.56 bits per heavy atom. The van der Waals surface area contributed by atoms with Gasteiger partial charge >= 0.3 is 18.9 Å². The first-order chi connectivity index (χ1) is 3.81. The molecular formula is C6H13LiO2. The van der Waals surface area contributed by atoms with Gasteiger partial charge in [-0.15, -0.1) is 0 Å². The monoisotopic (exact) mass is 124 g/mol. The van der Waals surface area contributed by atoms with Crippen LogP contribution in [0.5, 0.6) is 0 Å². The summed E-state index contributed by atoms with van der Waals surface area (Å²) >= 11 is 0. The van der Waals surface area contributed by atoms with Crippen LogP contribution in [0.1, 0.15) is 13.8 Å². The molecule has 0 atom stereocenters. The topological polar surface area (TPSA) is 18.5 Å². The third kappa shape index (κ3) is 7.94. The molecule has 0 aliphatic heterocycles. The molecule has 9 heavy (non-hydrogen) atoms. The van der Waals surface area contributed by atoms with Gasteiger partial charge in [0.15, 0.2) is 0 Å². The maximum absolute atomic E-state index is 4.87. The Bertz CT molecular complexity index is 65.5. The van der Waals surface area contributed by atoms with Gasteiger partial charge in [-0.3, -0.25) is 0 Å². The number of ether oxygens (including phenoxy) is 2. The number of hydrogen-bond donors (Lipinski definition) is 0. The van der Waals surface area contributed by atoms with E-state index in [0.717, 1.165) is 0 Å². The van der Waals surface area contributed by atoms with E-state index >= 15 is 0 Å². The fourth-order valence-electron chi connectivity index (χ4n) is 0.364. The Hall–Kier alpha value is -0.0626. The van der Waals surface area contributed by atoms with Crippen LogP contribution in [-0.4, -0.2) is 32.1 Å². The molecule has 0 heterocycles. The van der Waals surface area contributed by atoms with Crippen molar-refractivity contribution in [3.8, 4) is 0 Å². The molecule has 0 saturated carbocycles. The van der Waals surface area contributed by atoms with E-state index in [0.29, 0.717) is 19.2 Å². The van der Waals surface area contributed by atoms with Crippen molar-refractivity contribution < 1.29 is 9.47 Å². The molecular weight excluding hydrogens is 111 g/mol. The average Bonchev–Trinajstić information content (AvgIpc) is 1.68. The van der Waals surface area contributed by atoms with Gasteiger partial charge in [0.2, 0.25) is 0 Å². The van der Waals surface area contributed by atoms with E-state index in [1.165, 1.54) is 0 Å². The number of rotatable bonds is 4. The van der Waals surface area contributed by atoms with E-state index in [1.54, 1.807) is 0 Å². The van der Waals surface area contributed by atoms with Crippen molar-refractivity contribution in [2.45, 2.75) is 13.8 Å². The van der Waals surface area contributed by atoms with Crippen LogP contribution in [0.3, 0.4) is 0 Å². The summed E-state index contributed by atoms with van der Waals surface area (Å²) in [5.41, 5.74) is 0. The Labute approximate surface area is 68.4 Å². The van der Waals surface area contributed by atoms with Gasteiger partial charge in [-0.1, -0.05) is 0 Å². The summed E-state index contributed by atoms with van der Waals surface area (Å²) in [5, 5.41) is 0. The van der Waals surface area contributed by atoms with Crippen LogP contribution in [0, 0.1) is 0 Å². The molecule has 0 saturated heterocycles. The molecule has 0 N–H and O–H groups in total. The van der Waals surface area contributed by atoms with Crippen LogP contribution in [0.4, 0.5) is 0 Å². The Kier molecular flexibility index (Phi) is 10.3. The fraction of sp³-hybridized carbons (Fsp3) is 0.667. The zero-order chi connectivity index (χ0) is 6.41. The zero-order valence-electron chi connectivity index (χ0n) is 5.44. The minimum absolute atomic E-state index is 0. The number of hydrogen-bond acceptors (Lipinski definition) is 2. The van der Waals surface area contributed by atoms with Crippen LogP contribution in [0.15, 0.2) is 12.5 Å². The van der Waals surface area contributed by atoms with Crippen molar-refractivity contribution in [2.75, 3.05) is 13.2 Å². The molecule has 0 unspecified atom stereocenters. The van der Waals surface area contributed by atoms with Crippen molar-refractivity contribution in [1.29, 1.82) is 0 Å². The third-order valence-electron chi connectivity index (χ3n) is 0.611. The standard InChI is InChI=1S/C6H12O2.Li.H/c1-4-7-6(3)8-5-2;;/h3-5H2,1-2H3;;. The van der Waals surface area contributed by atoms with Crippen LogP contribution in [0.2, 0.25) is 0 Å². The maximum atomic E-state index is 4.87. The second-order valence-electron chi connectivity index (χ2n) is 1.24. The molecule has 0 radical (unpaired) electrons. The van der Waals surface area contributed by atoms with Gasteiger partial charge in [0.1, 0.15) is 0 Å². The molecule has 3 heteroatoms. The first kappa shape index (κ1) is 11.7. The first-order valence-corrected chi connectivity index (χ1v) is 2.75. The van der Waals surface area contributed by atoms with Crippen LogP contribution in [0.25, 0.3) is 0 Å². The van der Waals surface area contributed by atoms with Crippen LogP contribution in [-0.2, 0) is 9.47 Å². The van der Waals surface area contributed by atoms with Gasteiger partial charge in [-0.05, 0) is 20.4 Å². The summed E-state index contributed by atoms with van der Waals surface area (Å²) < 4.78 is 9.73. The molecule has 0 amide bonds. The molecule has 0 aromatic heterocycles. The second kappa shape index (κ2) is 7.94. The Morgan fingerprint density at radius 3 is 1.78 bits per heavy atom. The summed E-state index contributed by atoms with van der Waals surface area (Å²) in [6.45, 7) is 8.52. The summed E-state index contributed by atoms with van der Waals surface area (Å²) in [5.74, 6) is 0.412. The van der Waals surface area contributed by atoms with Gasteiger partial charge in [-0.2, -0.15) is 0 Å². The van der Waals surface area contributed by atoms with Crippen molar-refractivity contribution in [3.05, 3.63) is 12.5 Å². The first-order valence-electron chi connectivity index (χ1n) is 2.75. The molecule has 0 aliphatic carbocycles. The van der Waals surface area contributed by atoms with Gasteiger partial charge in [0.25, 0.3) is 5.95 Å². The zero-order valence-corrected chi connectivity index (χ0v) is 5.44. The molecule has 0 aliphatic rings. The second-order valence-corrected chi connectivity index (χ2v) is 1.24. The van der Waals surface area contributed by atoms with Crippen molar-refractivity contribution in [1.82, 2.24) is 0 Å². The Morgan fingerprint density at radius 1 is 1.22 bits per heavy atom. The van der Waals surface area contributed by atoms with E-state index in [4.69, 9.17) is 9.47 Å². The van der Waals surface area contributed by atoms with Crippen molar-refractivity contribution in [3.63, 3.8) is 0 Å². The summed E-state index contributed by atoms with van der Waals surface area (Å²) in [7, 11) is 0. The van der Waals surface area contributed by atoms with E-state index in [2.05, 4.69) is 6.58 Å². The van der Waals surface area contributed by atoms with Crippen molar-refractivity contribution >= 4 is 18.9 Å². The van der Waals surface area contributed by atoms with Gasteiger partial charge in [0.05, 0.1) is 13.2 Å². The molecule has 50 valence electrons. The molecule has 0 spiro atoms. The molecule has 0 bridgehead atoms. The molecule has 0 aromatic carbocycles. The summed E-state index contributed by atoms with van der Waals surface area (Å²) in [4.78, 5) is 0. The van der Waals surface area contributed by atoms with E-state index in [9.17, 15) is 0 Å². The predicted octanol–water partition coefficient (Wildman–Crippen LogP) is 0.882. The molecule has 2 nitrogen and oxygen atoms in total. The van der Waals surface area contributed by atoms with Crippen LogP contribution < -0.4 is 0 Å². The van der Waals surface area contributed by atoms with Gasteiger partial charge in [-0.25, -0.2) is 0 Å². The Balaban J connectivity index is 0. The van der Waals surface area contributed by atoms with E-state index in [1.807, 2.05) is 13.8 Å². The van der Waals surface area contributed by atoms with Crippen molar-refractivity contribution in [2.24, 2.45) is 0 Å². The fourth-order valence-corrected chi connectivity index (χ4v) is 0.364.